The summed E-state index contributed by atoms with van der Waals surface area (Å²) in [7, 11) is 1.70. The molecule has 3 rings (SSSR count). The molecule has 0 saturated heterocycles. The van der Waals surface area contributed by atoms with Crippen molar-refractivity contribution < 1.29 is 9.47 Å². The van der Waals surface area contributed by atoms with E-state index in [1.165, 1.54) is 31.2 Å². The second-order valence-electron chi connectivity index (χ2n) is 5.16. The molecule has 0 unspecified atom stereocenters. The monoisotopic (exact) mass is 252 g/mol. The van der Waals surface area contributed by atoms with Gasteiger partial charge in [-0.15, -0.1) is 0 Å². The van der Waals surface area contributed by atoms with Gasteiger partial charge in [0, 0.05) is 24.1 Å². The number of ether oxygens (including phenoxy) is 2. The molecule has 1 fully saturated rings. The van der Waals surface area contributed by atoms with Gasteiger partial charge in [-0.2, -0.15) is 0 Å². The number of halogens is 1. The highest BCUT2D eigenvalue weighted by Gasteiger charge is 2.42. The zero-order valence-corrected chi connectivity index (χ0v) is 10.8. The van der Waals surface area contributed by atoms with Crippen LogP contribution < -0.4 is 4.74 Å². The average molecular weight is 253 g/mol. The van der Waals surface area contributed by atoms with Crippen LogP contribution in [-0.2, 0) is 17.8 Å². The lowest BCUT2D eigenvalue weighted by Gasteiger charge is -2.23. The van der Waals surface area contributed by atoms with Gasteiger partial charge in [-0.3, -0.25) is 0 Å². The molecule has 0 amide bonds. The average Bonchev–Trinajstić information content (AvgIpc) is 2.86. The Bertz CT molecular complexity index is 436. The lowest BCUT2D eigenvalue weighted by molar-refractivity contribution is 0.0981. The first-order valence-electron chi connectivity index (χ1n) is 6.22. The molecular weight excluding hydrogens is 236 g/mol. The number of rotatable bonds is 2. The van der Waals surface area contributed by atoms with Crippen LogP contribution in [-0.4, -0.2) is 12.7 Å². The van der Waals surface area contributed by atoms with Crippen molar-refractivity contribution in [3.05, 3.63) is 28.3 Å². The van der Waals surface area contributed by atoms with Crippen molar-refractivity contribution in [2.45, 2.75) is 44.3 Å². The first kappa shape index (κ1) is 11.4. The third kappa shape index (κ3) is 1.94. The smallest absolute Gasteiger partial charge is 0.129 e. The maximum absolute atomic E-state index is 6.26. The third-order valence-corrected chi connectivity index (χ3v) is 4.07. The molecule has 0 bridgehead atoms. The zero-order valence-electron chi connectivity index (χ0n) is 10.1. The molecule has 1 aliphatic heterocycles. The summed E-state index contributed by atoms with van der Waals surface area (Å²) in [6, 6.07) is 4.00. The second-order valence-corrected chi connectivity index (χ2v) is 5.59. The highest BCUT2D eigenvalue weighted by Crippen LogP contribution is 2.46. The van der Waals surface area contributed by atoms with E-state index in [1.54, 1.807) is 7.11 Å². The maximum atomic E-state index is 6.26. The number of methoxy groups -OCH3 is 1. The van der Waals surface area contributed by atoms with Crippen molar-refractivity contribution in [1.82, 2.24) is 0 Å². The minimum absolute atomic E-state index is 0.0650. The highest BCUT2D eigenvalue weighted by atomic mass is 35.5. The summed E-state index contributed by atoms with van der Waals surface area (Å²) in [5.41, 5.74) is 2.40. The van der Waals surface area contributed by atoms with Gasteiger partial charge in [-0.05, 0) is 43.4 Å². The molecule has 1 aromatic rings. The molecule has 92 valence electrons. The van der Waals surface area contributed by atoms with Crippen molar-refractivity contribution in [2.75, 3.05) is 7.11 Å². The summed E-state index contributed by atoms with van der Waals surface area (Å²) in [4.78, 5) is 0. The van der Waals surface area contributed by atoms with Gasteiger partial charge in [0.15, 0.2) is 0 Å². The van der Waals surface area contributed by atoms with Gasteiger partial charge in [-0.25, -0.2) is 0 Å². The highest BCUT2D eigenvalue weighted by molar-refractivity contribution is 6.30. The largest absolute Gasteiger partial charge is 0.486 e. The molecular formula is C14H17ClO2. The molecule has 0 atom stereocenters. The number of fused-ring (bicyclic) bond motifs is 1. The van der Waals surface area contributed by atoms with E-state index in [4.69, 9.17) is 21.1 Å². The van der Waals surface area contributed by atoms with Crippen LogP contribution in [0.1, 0.15) is 36.8 Å². The molecule has 17 heavy (non-hydrogen) atoms. The van der Waals surface area contributed by atoms with Crippen molar-refractivity contribution >= 4 is 11.6 Å². The summed E-state index contributed by atoms with van der Waals surface area (Å²) < 4.78 is 11.5. The fourth-order valence-electron chi connectivity index (χ4n) is 3.13. The molecule has 0 aromatic heterocycles. The molecule has 1 aliphatic carbocycles. The summed E-state index contributed by atoms with van der Waals surface area (Å²) in [5, 5.41) is 0.787. The van der Waals surface area contributed by atoms with Gasteiger partial charge >= 0.3 is 0 Å². The molecule has 0 N–H and O–H groups in total. The van der Waals surface area contributed by atoms with Crippen LogP contribution in [0.4, 0.5) is 0 Å². The van der Waals surface area contributed by atoms with E-state index in [0.29, 0.717) is 6.61 Å². The van der Waals surface area contributed by atoms with E-state index in [9.17, 15) is 0 Å². The van der Waals surface area contributed by atoms with Crippen molar-refractivity contribution in [3.8, 4) is 5.75 Å². The number of hydrogen-bond donors (Lipinski definition) is 0. The summed E-state index contributed by atoms with van der Waals surface area (Å²) in [5.74, 6) is 1.03. The number of benzene rings is 1. The predicted molar refractivity (Wildman–Crippen MR) is 67.7 cm³/mol. The lowest BCUT2D eigenvalue weighted by Crippen LogP contribution is -2.30. The Kier molecular flexibility index (Phi) is 2.80. The molecule has 1 saturated carbocycles. The minimum Gasteiger partial charge on any atom is -0.486 e. The Labute approximate surface area is 107 Å². The fourth-order valence-corrected chi connectivity index (χ4v) is 3.40. The Balaban J connectivity index is 1.97. The van der Waals surface area contributed by atoms with Gasteiger partial charge in [0.2, 0.25) is 0 Å². The van der Waals surface area contributed by atoms with Crippen molar-refractivity contribution in [3.63, 3.8) is 0 Å². The zero-order chi connectivity index (χ0) is 11.9. The van der Waals surface area contributed by atoms with E-state index >= 15 is 0 Å². The van der Waals surface area contributed by atoms with Crippen LogP contribution >= 0.6 is 11.6 Å². The van der Waals surface area contributed by atoms with E-state index in [-0.39, 0.29) is 5.60 Å². The van der Waals surface area contributed by atoms with Gasteiger partial charge in [0.05, 0.1) is 6.61 Å². The third-order valence-electron chi connectivity index (χ3n) is 3.85. The van der Waals surface area contributed by atoms with Gasteiger partial charge in [0.25, 0.3) is 0 Å². The molecule has 1 aromatic carbocycles. The van der Waals surface area contributed by atoms with Crippen molar-refractivity contribution in [2.24, 2.45) is 0 Å². The van der Waals surface area contributed by atoms with Gasteiger partial charge < -0.3 is 9.47 Å². The fraction of sp³-hybridized carbons (Fsp3) is 0.571. The molecule has 3 heteroatoms. The first-order chi connectivity index (χ1) is 8.22. The van der Waals surface area contributed by atoms with E-state index in [2.05, 4.69) is 0 Å². The molecule has 2 nitrogen and oxygen atoms in total. The SMILES string of the molecule is COCc1cc(Cl)cc2c1OC1(CCCC1)C2. The molecule has 1 spiro atoms. The van der Waals surface area contributed by atoms with Crippen LogP contribution in [0.5, 0.6) is 5.75 Å². The summed E-state index contributed by atoms with van der Waals surface area (Å²) in [6.45, 7) is 0.568. The van der Waals surface area contributed by atoms with Crippen molar-refractivity contribution in [1.29, 1.82) is 0 Å². The molecule has 1 heterocycles. The topological polar surface area (TPSA) is 18.5 Å². The standard InChI is InChI=1S/C14H17ClO2/c1-16-9-11-7-12(15)6-10-8-14(17-13(10)11)4-2-3-5-14/h6-7H,2-5,8-9H2,1H3. The van der Waals surface area contributed by atoms with Crippen LogP contribution in [0.25, 0.3) is 0 Å². The minimum atomic E-state index is 0.0650. The Hall–Kier alpha value is -0.730. The Morgan fingerprint density at radius 1 is 1.35 bits per heavy atom. The van der Waals surface area contributed by atoms with Crippen LogP contribution in [0.2, 0.25) is 5.02 Å². The predicted octanol–water partition coefficient (Wildman–Crippen LogP) is 3.73. The maximum Gasteiger partial charge on any atom is 0.129 e. The number of hydrogen-bond acceptors (Lipinski definition) is 2. The first-order valence-corrected chi connectivity index (χ1v) is 6.59. The quantitative estimate of drug-likeness (QED) is 0.799. The van der Waals surface area contributed by atoms with Crippen LogP contribution in [0.15, 0.2) is 12.1 Å². The molecule has 0 radical (unpaired) electrons. The summed E-state index contributed by atoms with van der Waals surface area (Å²) >= 11 is 6.15. The van der Waals surface area contributed by atoms with Gasteiger partial charge in [-0.1, -0.05) is 11.6 Å². The lowest BCUT2D eigenvalue weighted by atomic mass is 9.95. The second kappa shape index (κ2) is 4.18. The molecule has 2 aliphatic rings. The summed E-state index contributed by atoms with van der Waals surface area (Å²) in [6.07, 6.45) is 5.92. The van der Waals surface area contributed by atoms with Crippen LogP contribution in [0, 0.1) is 0 Å². The van der Waals surface area contributed by atoms with E-state index in [0.717, 1.165) is 22.8 Å². The van der Waals surface area contributed by atoms with E-state index < -0.39 is 0 Å². The normalized spacial score (nSPS) is 20.6. The van der Waals surface area contributed by atoms with Gasteiger partial charge in [0.1, 0.15) is 11.4 Å². The van der Waals surface area contributed by atoms with E-state index in [1.807, 2.05) is 12.1 Å². The van der Waals surface area contributed by atoms with Crippen LogP contribution in [0.3, 0.4) is 0 Å². The Morgan fingerprint density at radius 3 is 2.82 bits per heavy atom. The Morgan fingerprint density at radius 2 is 2.12 bits per heavy atom.